The molecule has 3 aromatic rings. The summed E-state index contributed by atoms with van der Waals surface area (Å²) in [4.78, 5) is 39.9. The summed E-state index contributed by atoms with van der Waals surface area (Å²) in [7, 11) is -4.04. The van der Waals surface area contributed by atoms with E-state index in [2.05, 4.69) is 10.3 Å². The molecule has 0 spiro atoms. The van der Waals surface area contributed by atoms with E-state index in [0.717, 1.165) is 10.2 Å². The van der Waals surface area contributed by atoms with Crippen LogP contribution in [0.15, 0.2) is 53.7 Å². The lowest BCUT2D eigenvalue weighted by molar-refractivity contribution is -0.384. The van der Waals surface area contributed by atoms with E-state index in [-0.39, 0.29) is 53.3 Å². The SMILES string of the molecule is CCOC(=O)C1(Nc2c([N+](=O)[O-])cnc3c2ccn3S(=O)(=O)c2ccccc2)CCC(=O)C1. The zero-order valence-corrected chi connectivity index (χ0v) is 18.4. The molecule has 0 saturated heterocycles. The van der Waals surface area contributed by atoms with Crippen LogP contribution in [0.4, 0.5) is 11.4 Å². The second-order valence-electron chi connectivity index (χ2n) is 7.59. The van der Waals surface area contributed by atoms with Crippen molar-refractivity contribution in [3.8, 4) is 0 Å². The van der Waals surface area contributed by atoms with Crippen LogP contribution in [0.25, 0.3) is 11.0 Å². The van der Waals surface area contributed by atoms with Gasteiger partial charge in [-0.3, -0.25) is 14.9 Å². The number of hydrogen-bond donors (Lipinski definition) is 1. The molecule has 4 rings (SSSR count). The van der Waals surface area contributed by atoms with Gasteiger partial charge in [-0.2, -0.15) is 0 Å². The van der Waals surface area contributed by atoms with Crippen molar-refractivity contribution in [3.05, 3.63) is 58.9 Å². The van der Waals surface area contributed by atoms with Gasteiger partial charge < -0.3 is 10.1 Å². The number of hydrogen-bond acceptors (Lipinski definition) is 9. The number of ether oxygens (including phenoxy) is 1. The largest absolute Gasteiger partial charge is 0.464 e. The van der Waals surface area contributed by atoms with Crippen LogP contribution >= 0.6 is 0 Å². The second kappa shape index (κ2) is 8.28. The van der Waals surface area contributed by atoms with Crippen LogP contribution in [0.3, 0.4) is 0 Å². The van der Waals surface area contributed by atoms with E-state index in [1.54, 1.807) is 25.1 Å². The third kappa shape index (κ3) is 3.82. The molecular weight excluding hydrogens is 452 g/mol. The van der Waals surface area contributed by atoms with Crippen LogP contribution < -0.4 is 5.32 Å². The fourth-order valence-electron chi connectivity index (χ4n) is 3.93. The summed E-state index contributed by atoms with van der Waals surface area (Å²) in [5.41, 5.74) is -2.11. The first kappa shape index (κ1) is 22.4. The Balaban J connectivity index is 1.89. The van der Waals surface area contributed by atoms with E-state index in [9.17, 15) is 28.1 Å². The van der Waals surface area contributed by atoms with Crippen LogP contribution in [0.2, 0.25) is 0 Å². The normalized spacial score (nSPS) is 18.4. The summed E-state index contributed by atoms with van der Waals surface area (Å²) in [6.07, 6.45) is 2.17. The maximum Gasteiger partial charge on any atom is 0.332 e. The summed E-state index contributed by atoms with van der Waals surface area (Å²) in [5.74, 6) is -0.890. The molecule has 33 heavy (non-hydrogen) atoms. The monoisotopic (exact) mass is 472 g/mol. The number of Topliss-reactive ketones (excluding diaryl/α,β-unsaturated/α-hetero) is 1. The van der Waals surface area contributed by atoms with E-state index in [1.807, 2.05) is 0 Å². The average Bonchev–Trinajstić information content (AvgIpc) is 3.39. The summed E-state index contributed by atoms with van der Waals surface area (Å²) in [5, 5.41) is 14.7. The van der Waals surface area contributed by atoms with Gasteiger partial charge in [0.05, 0.1) is 21.8 Å². The number of anilines is 1. The van der Waals surface area contributed by atoms with Crippen molar-refractivity contribution in [3.63, 3.8) is 0 Å². The Hall–Kier alpha value is -3.80. The number of ketones is 1. The number of nitro groups is 1. The van der Waals surface area contributed by atoms with Gasteiger partial charge in [0.25, 0.3) is 10.0 Å². The molecule has 1 saturated carbocycles. The minimum atomic E-state index is -4.04. The first-order chi connectivity index (χ1) is 15.7. The highest BCUT2D eigenvalue weighted by molar-refractivity contribution is 7.90. The molecule has 1 aromatic carbocycles. The van der Waals surface area contributed by atoms with Crippen LogP contribution in [-0.4, -0.2) is 46.2 Å². The maximum atomic E-state index is 13.1. The molecule has 12 heteroatoms. The number of rotatable bonds is 7. The number of aromatic nitrogens is 2. The van der Waals surface area contributed by atoms with Crippen molar-refractivity contribution >= 4 is 44.2 Å². The predicted molar refractivity (Wildman–Crippen MR) is 117 cm³/mol. The Morgan fingerprint density at radius 2 is 2.03 bits per heavy atom. The number of pyridine rings is 1. The Bertz CT molecular complexity index is 1370. The van der Waals surface area contributed by atoms with Gasteiger partial charge in [0.1, 0.15) is 23.2 Å². The average molecular weight is 472 g/mol. The van der Waals surface area contributed by atoms with Crippen LogP contribution in [-0.2, 0) is 24.3 Å². The topological polar surface area (TPSA) is 150 Å². The molecule has 2 heterocycles. The zero-order valence-electron chi connectivity index (χ0n) is 17.6. The minimum absolute atomic E-state index is 0.0153. The maximum absolute atomic E-state index is 13.1. The highest BCUT2D eigenvalue weighted by Gasteiger charge is 2.47. The number of nitrogens with zero attached hydrogens (tertiary/aromatic N) is 3. The van der Waals surface area contributed by atoms with Crippen LogP contribution in [0.1, 0.15) is 26.2 Å². The number of carbonyl (C=O) groups excluding carboxylic acids is 2. The molecule has 11 nitrogen and oxygen atoms in total. The fraction of sp³-hybridized carbons (Fsp3) is 0.286. The Labute approximate surface area is 188 Å². The summed E-state index contributed by atoms with van der Waals surface area (Å²) >= 11 is 0. The minimum Gasteiger partial charge on any atom is -0.464 e. The predicted octanol–water partition coefficient (Wildman–Crippen LogP) is 2.65. The van der Waals surface area contributed by atoms with Crippen molar-refractivity contribution < 1.29 is 27.7 Å². The summed E-state index contributed by atoms with van der Waals surface area (Å²) in [6.45, 7) is 1.68. The van der Waals surface area contributed by atoms with Crippen molar-refractivity contribution in [2.24, 2.45) is 0 Å². The van der Waals surface area contributed by atoms with Gasteiger partial charge in [-0.05, 0) is 31.5 Å². The lowest BCUT2D eigenvalue weighted by atomic mass is 9.96. The zero-order chi connectivity index (χ0) is 23.8. The molecule has 0 bridgehead atoms. The number of nitrogens with one attached hydrogen (secondary N) is 1. The first-order valence-corrected chi connectivity index (χ1v) is 11.6. The molecular formula is C21H20N4O7S. The molecule has 0 amide bonds. The first-order valence-electron chi connectivity index (χ1n) is 10.1. The lowest BCUT2D eigenvalue weighted by Crippen LogP contribution is -2.45. The number of benzene rings is 1. The van der Waals surface area contributed by atoms with E-state index < -0.39 is 32.1 Å². The third-order valence-corrected chi connectivity index (χ3v) is 7.20. The van der Waals surface area contributed by atoms with Gasteiger partial charge >= 0.3 is 11.7 Å². The van der Waals surface area contributed by atoms with Gasteiger partial charge in [0, 0.05) is 19.0 Å². The lowest BCUT2D eigenvalue weighted by Gasteiger charge is -2.28. The van der Waals surface area contributed by atoms with Crippen LogP contribution in [0, 0.1) is 10.1 Å². The van der Waals surface area contributed by atoms with E-state index in [1.165, 1.54) is 24.4 Å². The standard InChI is InChI=1S/C21H20N4O7S/c1-2-32-20(27)21(10-8-14(26)12-21)23-18-16-9-11-24(19(16)22-13-17(18)25(28)29)33(30,31)15-6-4-3-5-7-15/h3-7,9,11,13H,2,8,10,12H2,1H3,(H,22,23). The molecule has 1 fully saturated rings. The smallest absolute Gasteiger partial charge is 0.332 e. The van der Waals surface area contributed by atoms with Crippen LogP contribution in [0.5, 0.6) is 0 Å². The van der Waals surface area contributed by atoms with Gasteiger partial charge in [0.2, 0.25) is 0 Å². The second-order valence-corrected chi connectivity index (χ2v) is 9.40. The highest BCUT2D eigenvalue weighted by Crippen LogP contribution is 2.39. The molecule has 2 aromatic heterocycles. The van der Waals surface area contributed by atoms with Crippen molar-refractivity contribution in [2.75, 3.05) is 11.9 Å². The summed E-state index contributed by atoms with van der Waals surface area (Å²) < 4.78 is 32.3. The molecule has 1 aliphatic carbocycles. The van der Waals surface area contributed by atoms with Gasteiger partial charge in [-0.1, -0.05) is 18.2 Å². The van der Waals surface area contributed by atoms with Crippen molar-refractivity contribution in [1.29, 1.82) is 0 Å². The highest BCUT2D eigenvalue weighted by atomic mass is 32.2. The van der Waals surface area contributed by atoms with E-state index in [4.69, 9.17) is 4.74 Å². The van der Waals surface area contributed by atoms with Crippen molar-refractivity contribution in [2.45, 2.75) is 36.6 Å². The number of esters is 1. The third-order valence-electron chi connectivity index (χ3n) is 5.52. The molecule has 1 aliphatic rings. The Morgan fingerprint density at radius 3 is 2.64 bits per heavy atom. The summed E-state index contributed by atoms with van der Waals surface area (Å²) in [6, 6.07) is 9.03. The van der Waals surface area contributed by atoms with Gasteiger partial charge in [0.15, 0.2) is 5.65 Å². The van der Waals surface area contributed by atoms with Crippen molar-refractivity contribution in [1.82, 2.24) is 8.96 Å². The molecule has 1 N–H and O–H groups in total. The molecule has 0 aliphatic heterocycles. The Kier molecular flexibility index (Phi) is 5.62. The number of carbonyl (C=O) groups is 2. The Morgan fingerprint density at radius 1 is 1.30 bits per heavy atom. The van der Waals surface area contributed by atoms with Gasteiger partial charge in [-0.25, -0.2) is 22.2 Å². The van der Waals surface area contributed by atoms with E-state index >= 15 is 0 Å². The fourth-order valence-corrected chi connectivity index (χ4v) is 5.25. The molecule has 1 atom stereocenters. The van der Waals surface area contributed by atoms with Gasteiger partial charge in [-0.15, -0.1) is 0 Å². The quantitative estimate of drug-likeness (QED) is 0.311. The molecule has 1 unspecified atom stereocenters. The number of fused-ring (bicyclic) bond motifs is 1. The molecule has 172 valence electrons. The molecule has 0 radical (unpaired) electrons. The van der Waals surface area contributed by atoms with E-state index in [0.29, 0.717) is 0 Å².